The fourth-order valence-electron chi connectivity index (χ4n) is 4.39. The lowest BCUT2D eigenvalue weighted by Gasteiger charge is -2.27. The SMILES string of the molecule is CC1CCC(Cc2ccc(C3CCC(C)CC3)cc2)CC1. The van der Waals surface area contributed by atoms with Gasteiger partial charge in [-0.05, 0) is 66.9 Å². The molecule has 2 aliphatic carbocycles. The average molecular weight is 284 g/mol. The Morgan fingerprint density at radius 3 is 1.81 bits per heavy atom. The van der Waals surface area contributed by atoms with E-state index < -0.39 is 0 Å². The Morgan fingerprint density at radius 1 is 0.714 bits per heavy atom. The van der Waals surface area contributed by atoms with E-state index >= 15 is 0 Å². The van der Waals surface area contributed by atoms with Crippen LogP contribution in [0.2, 0.25) is 0 Å². The van der Waals surface area contributed by atoms with Crippen LogP contribution < -0.4 is 0 Å². The third-order valence-corrected chi connectivity index (χ3v) is 6.13. The maximum absolute atomic E-state index is 2.43. The first-order valence-corrected chi connectivity index (χ1v) is 9.29. The molecule has 116 valence electrons. The zero-order chi connectivity index (χ0) is 14.7. The fraction of sp³-hybridized carbons (Fsp3) is 0.714. The molecule has 0 aliphatic heterocycles. The van der Waals surface area contributed by atoms with E-state index in [-0.39, 0.29) is 0 Å². The summed E-state index contributed by atoms with van der Waals surface area (Å²) in [6.07, 6.45) is 12.8. The summed E-state index contributed by atoms with van der Waals surface area (Å²) in [5.74, 6) is 3.71. The molecule has 0 nitrogen and oxygen atoms in total. The molecule has 1 aromatic rings. The second kappa shape index (κ2) is 6.99. The van der Waals surface area contributed by atoms with Crippen LogP contribution in [0.1, 0.15) is 82.3 Å². The molecule has 0 aromatic heterocycles. The monoisotopic (exact) mass is 284 g/mol. The lowest BCUT2D eigenvalue weighted by Crippen LogP contribution is -2.14. The van der Waals surface area contributed by atoms with Gasteiger partial charge >= 0.3 is 0 Å². The van der Waals surface area contributed by atoms with Crippen LogP contribution in [0.5, 0.6) is 0 Å². The molecule has 21 heavy (non-hydrogen) atoms. The van der Waals surface area contributed by atoms with E-state index in [1.165, 1.54) is 57.8 Å². The minimum atomic E-state index is 0.839. The van der Waals surface area contributed by atoms with Crippen molar-refractivity contribution < 1.29 is 0 Å². The van der Waals surface area contributed by atoms with Crippen LogP contribution in [0.3, 0.4) is 0 Å². The maximum Gasteiger partial charge on any atom is -0.0162 e. The molecule has 2 aliphatic rings. The summed E-state index contributed by atoms with van der Waals surface area (Å²) in [6.45, 7) is 4.82. The van der Waals surface area contributed by atoms with Gasteiger partial charge in [0.25, 0.3) is 0 Å². The molecule has 0 saturated heterocycles. The second-order valence-corrected chi connectivity index (χ2v) is 8.03. The van der Waals surface area contributed by atoms with Crippen LogP contribution in [0.25, 0.3) is 0 Å². The topological polar surface area (TPSA) is 0 Å². The lowest BCUT2D eigenvalue weighted by atomic mass is 9.78. The van der Waals surface area contributed by atoms with Gasteiger partial charge in [0.1, 0.15) is 0 Å². The molecule has 0 unspecified atom stereocenters. The summed E-state index contributed by atoms with van der Waals surface area (Å²) >= 11 is 0. The van der Waals surface area contributed by atoms with Crippen LogP contribution >= 0.6 is 0 Å². The third kappa shape index (κ3) is 4.11. The van der Waals surface area contributed by atoms with Crippen LogP contribution in [-0.2, 0) is 6.42 Å². The molecule has 1 aromatic carbocycles. The molecule has 0 radical (unpaired) electrons. The van der Waals surface area contributed by atoms with Crippen molar-refractivity contribution in [1.82, 2.24) is 0 Å². The first-order valence-electron chi connectivity index (χ1n) is 9.29. The van der Waals surface area contributed by atoms with Gasteiger partial charge in [-0.2, -0.15) is 0 Å². The fourth-order valence-corrected chi connectivity index (χ4v) is 4.39. The molecule has 0 bridgehead atoms. The van der Waals surface area contributed by atoms with E-state index in [0.29, 0.717) is 0 Å². The first kappa shape index (κ1) is 15.1. The Labute approximate surface area is 131 Å². The summed E-state index contributed by atoms with van der Waals surface area (Å²) in [7, 11) is 0. The van der Waals surface area contributed by atoms with Crippen molar-refractivity contribution in [1.29, 1.82) is 0 Å². The van der Waals surface area contributed by atoms with Gasteiger partial charge in [0, 0.05) is 0 Å². The summed E-state index contributed by atoms with van der Waals surface area (Å²) < 4.78 is 0. The second-order valence-electron chi connectivity index (χ2n) is 8.03. The van der Waals surface area contributed by atoms with Gasteiger partial charge in [0.05, 0.1) is 0 Å². The third-order valence-electron chi connectivity index (χ3n) is 6.13. The lowest BCUT2D eigenvalue weighted by molar-refractivity contribution is 0.289. The smallest absolute Gasteiger partial charge is 0.0162 e. The molecule has 2 saturated carbocycles. The zero-order valence-corrected chi connectivity index (χ0v) is 14.0. The molecule has 0 spiro atoms. The highest BCUT2D eigenvalue weighted by Gasteiger charge is 2.20. The Hall–Kier alpha value is -0.780. The number of benzene rings is 1. The van der Waals surface area contributed by atoms with Gasteiger partial charge in [0.2, 0.25) is 0 Å². The van der Waals surface area contributed by atoms with E-state index in [9.17, 15) is 0 Å². The minimum absolute atomic E-state index is 0.839. The number of hydrogen-bond acceptors (Lipinski definition) is 0. The Balaban J connectivity index is 1.54. The van der Waals surface area contributed by atoms with Gasteiger partial charge in [0.15, 0.2) is 0 Å². The quantitative estimate of drug-likeness (QED) is 0.606. The maximum atomic E-state index is 2.43. The number of hydrogen-bond donors (Lipinski definition) is 0. The molecule has 3 rings (SSSR count). The molecule has 0 heteroatoms. The Kier molecular flexibility index (Phi) is 5.03. The summed E-state index contributed by atoms with van der Waals surface area (Å²) in [4.78, 5) is 0. The Bertz CT molecular complexity index is 414. The van der Waals surface area contributed by atoms with Crippen molar-refractivity contribution in [2.24, 2.45) is 17.8 Å². The van der Waals surface area contributed by atoms with Gasteiger partial charge < -0.3 is 0 Å². The summed E-state index contributed by atoms with van der Waals surface area (Å²) in [5.41, 5.74) is 3.17. The molecule has 2 fully saturated rings. The Morgan fingerprint density at radius 2 is 1.24 bits per heavy atom. The molecular weight excluding hydrogens is 252 g/mol. The molecule has 0 heterocycles. The van der Waals surface area contributed by atoms with E-state index in [1.807, 2.05) is 0 Å². The summed E-state index contributed by atoms with van der Waals surface area (Å²) in [6, 6.07) is 9.71. The van der Waals surface area contributed by atoms with Gasteiger partial charge in [-0.25, -0.2) is 0 Å². The van der Waals surface area contributed by atoms with Gasteiger partial charge in [-0.15, -0.1) is 0 Å². The predicted molar refractivity (Wildman–Crippen MR) is 91.6 cm³/mol. The van der Waals surface area contributed by atoms with Gasteiger partial charge in [-0.3, -0.25) is 0 Å². The standard InChI is InChI=1S/C21H32/c1-16-3-7-18(8-4-16)15-19-9-13-21(14-10-19)20-11-5-17(2)6-12-20/h9-10,13-14,16-18,20H,3-8,11-12,15H2,1-2H3. The molecule has 0 N–H and O–H groups in total. The van der Waals surface area contributed by atoms with Crippen molar-refractivity contribution in [3.8, 4) is 0 Å². The average Bonchev–Trinajstić information content (AvgIpc) is 2.51. The van der Waals surface area contributed by atoms with Crippen LogP contribution in [0, 0.1) is 17.8 Å². The van der Waals surface area contributed by atoms with Crippen LogP contribution in [0.15, 0.2) is 24.3 Å². The van der Waals surface area contributed by atoms with Crippen molar-refractivity contribution in [2.45, 2.75) is 77.6 Å². The largest absolute Gasteiger partial charge is 0.0625 e. The molecule has 0 amide bonds. The highest BCUT2D eigenvalue weighted by atomic mass is 14.3. The number of rotatable bonds is 3. The van der Waals surface area contributed by atoms with E-state index in [2.05, 4.69) is 38.1 Å². The van der Waals surface area contributed by atoms with Crippen molar-refractivity contribution in [3.05, 3.63) is 35.4 Å². The van der Waals surface area contributed by atoms with E-state index in [1.54, 1.807) is 11.1 Å². The van der Waals surface area contributed by atoms with E-state index in [0.717, 1.165) is 23.7 Å². The van der Waals surface area contributed by atoms with Crippen molar-refractivity contribution in [2.75, 3.05) is 0 Å². The first-order chi connectivity index (χ1) is 10.2. The minimum Gasteiger partial charge on any atom is -0.0625 e. The summed E-state index contributed by atoms with van der Waals surface area (Å²) in [5, 5.41) is 0. The molecule has 0 atom stereocenters. The van der Waals surface area contributed by atoms with Crippen molar-refractivity contribution in [3.63, 3.8) is 0 Å². The van der Waals surface area contributed by atoms with Crippen molar-refractivity contribution >= 4 is 0 Å². The van der Waals surface area contributed by atoms with Gasteiger partial charge in [-0.1, -0.05) is 63.8 Å². The predicted octanol–water partition coefficient (Wildman–Crippen LogP) is 6.35. The molecular formula is C21H32. The highest BCUT2D eigenvalue weighted by molar-refractivity contribution is 5.26. The van der Waals surface area contributed by atoms with Crippen LogP contribution in [-0.4, -0.2) is 0 Å². The van der Waals surface area contributed by atoms with E-state index in [4.69, 9.17) is 0 Å². The normalized spacial score (nSPS) is 33.8. The zero-order valence-electron chi connectivity index (χ0n) is 14.0. The highest BCUT2D eigenvalue weighted by Crippen LogP contribution is 2.36. The van der Waals surface area contributed by atoms with Crippen LogP contribution in [0.4, 0.5) is 0 Å².